The quantitative estimate of drug-likeness (QED) is 0.439. The van der Waals surface area contributed by atoms with Crippen LogP contribution in [0.4, 0.5) is 5.69 Å². The number of hydrogen-bond acceptors (Lipinski definition) is 5. The van der Waals surface area contributed by atoms with Crippen molar-refractivity contribution in [1.82, 2.24) is 0 Å². The van der Waals surface area contributed by atoms with Crippen molar-refractivity contribution in [3.63, 3.8) is 0 Å². The molecule has 1 aromatic carbocycles. The summed E-state index contributed by atoms with van der Waals surface area (Å²) < 4.78 is 27.7. The third-order valence-corrected chi connectivity index (χ3v) is 4.44. The number of rotatable bonds is 7. The highest BCUT2D eigenvalue weighted by molar-refractivity contribution is 7.91. The monoisotopic (exact) mass is 307 g/mol. The maximum Gasteiger partial charge on any atom is 0.311 e. The number of hydrogen-bond donors (Lipinski definition) is 0. The zero-order valence-corrected chi connectivity index (χ0v) is 11.9. The van der Waals surface area contributed by atoms with Crippen molar-refractivity contribution in [2.45, 2.75) is 13.3 Å². The molecule has 0 spiro atoms. The molecule has 0 bridgehead atoms. The SMILES string of the molecule is CCS(=O)(=O)CCCOc1cc(Cl)ccc1[N+](=O)[O-]. The molecule has 0 saturated carbocycles. The van der Waals surface area contributed by atoms with Gasteiger partial charge in [-0.15, -0.1) is 0 Å². The molecule has 0 fully saturated rings. The molecular formula is C11H14ClNO5S. The highest BCUT2D eigenvalue weighted by Crippen LogP contribution is 2.29. The number of nitro benzene ring substituents is 1. The number of nitro groups is 1. The molecule has 0 atom stereocenters. The van der Waals surface area contributed by atoms with Gasteiger partial charge >= 0.3 is 5.69 Å². The Morgan fingerprint density at radius 3 is 2.68 bits per heavy atom. The summed E-state index contributed by atoms with van der Waals surface area (Å²) in [4.78, 5) is 10.2. The number of sulfone groups is 1. The summed E-state index contributed by atoms with van der Waals surface area (Å²) in [6.07, 6.45) is 0.278. The summed E-state index contributed by atoms with van der Waals surface area (Å²) in [6, 6.07) is 3.99. The van der Waals surface area contributed by atoms with Crippen LogP contribution in [-0.4, -0.2) is 31.5 Å². The van der Waals surface area contributed by atoms with E-state index in [4.69, 9.17) is 16.3 Å². The molecule has 0 unspecified atom stereocenters. The normalized spacial score (nSPS) is 11.3. The summed E-state index contributed by atoms with van der Waals surface area (Å²) in [7, 11) is -3.05. The summed E-state index contributed by atoms with van der Waals surface area (Å²) in [6.45, 7) is 1.65. The first-order valence-corrected chi connectivity index (χ1v) is 7.83. The van der Waals surface area contributed by atoms with Gasteiger partial charge in [0.15, 0.2) is 5.75 Å². The third-order valence-electron chi connectivity index (χ3n) is 2.42. The van der Waals surface area contributed by atoms with Gasteiger partial charge in [-0.25, -0.2) is 8.42 Å². The van der Waals surface area contributed by atoms with Crippen LogP contribution in [0.2, 0.25) is 5.02 Å². The van der Waals surface area contributed by atoms with Gasteiger partial charge in [-0.05, 0) is 12.5 Å². The lowest BCUT2D eigenvalue weighted by molar-refractivity contribution is -0.385. The molecule has 8 heteroatoms. The van der Waals surface area contributed by atoms with Crippen LogP contribution in [0.5, 0.6) is 5.75 Å². The van der Waals surface area contributed by atoms with Gasteiger partial charge in [-0.3, -0.25) is 10.1 Å². The van der Waals surface area contributed by atoms with Crippen LogP contribution < -0.4 is 4.74 Å². The highest BCUT2D eigenvalue weighted by atomic mass is 35.5. The van der Waals surface area contributed by atoms with Crippen LogP contribution in [0.15, 0.2) is 18.2 Å². The van der Waals surface area contributed by atoms with Crippen molar-refractivity contribution < 1.29 is 18.1 Å². The molecular weight excluding hydrogens is 294 g/mol. The number of ether oxygens (including phenoxy) is 1. The van der Waals surface area contributed by atoms with Gasteiger partial charge in [0.25, 0.3) is 0 Å². The minimum atomic E-state index is -3.05. The van der Waals surface area contributed by atoms with Crippen LogP contribution in [0.3, 0.4) is 0 Å². The molecule has 19 heavy (non-hydrogen) atoms. The van der Waals surface area contributed by atoms with E-state index in [-0.39, 0.29) is 36.0 Å². The first kappa shape index (κ1) is 15.7. The Kier molecular flexibility index (Phi) is 5.56. The standard InChI is InChI=1S/C11H14ClNO5S/c1-2-19(16,17)7-3-6-18-11-8-9(12)4-5-10(11)13(14)15/h4-5,8H,2-3,6-7H2,1H3. The average Bonchev–Trinajstić information content (AvgIpc) is 2.34. The molecule has 1 rings (SSSR count). The second-order valence-electron chi connectivity index (χ2n) is 3.81. The van der Waals surface area contributed by atoms with Gasteiger partial charge < -0.3 is 4.74 Å². The maximum atomic E-state index is 11.3. The van der Waals surface area contributed by atoms with E-state index in [2.05, 4.69) is 0 Å². The van der Waals surface area contributed by atoms with Crippen molar-refractivity contribution in [2.75, 3.05) is 18.1 Å². The van der Waals surface area contributed by atoms with E-state index >= 15 is 0 Å². The Balaban J connectivity index is 2.63. The Morgan fingerprint density at radius 1 is 1.42 bits per heavy atom. The first-order chi connectivity index (χ1) is 8.85. The van der Waals surface area contributed by atoms with E-state index in [9.17, 15) is 18.5 Å². The number of benzene rings is 1. The molecule has 0 aliphatic carbocycles. The summed E-state index contributed by atoms with van der Waals surface area (Å²) in [5.41, 5.74) is -0.192. The lowest BCUT2D eigenvalue weighted by Crippen LogP contribution is -2.12. The fourth-order valence-corrected chi connectivity index (χ4v) is 2.37. The van der Waals surface area contributed by atoms with Crippen molar-refractivity contribution in [3.8, 4) is 5.75 Å². The van der Waals surface area contributed by atoms with E-state index in [1.54, 1.807) is 6.92 Å². The zero-order valence-electron chi connectivity index (χ0n) is 10.3. The van der Waals surface area contributed by atoms with Crippen LogP contribution in [0.1, 0.15) is 13.3 Å². The lowest BCUT2D eigenvalue weighted by Gasteiger charge is -2.07. The van der Waals surface area contributed by atoms with Crippen molar-refractivity contribution in [3.05, 3.63) is 33.3 Å². The summed E-state index contributed by atoms with van der Waals surface area (Å²) in [5, 5.41) is 11.1. The Morgan fingerprint density at radius 2 is 2.11 bits per heavy atom. The summed E-state index contributed by atoms with van der Waals surface area (Å²) in [5.74, 6) is 0.119. The Labute approximate surface area is 116 Å². The highest BCUT2D eigenvalue weighted by Gasteiger charge is 2.15. The number of halogens is 1. The molecule has 0 amide bonds. The molecule has 0 aromatic heterocycles. The van der Waals surface area contributed by atoms with Crippen molar-refractivity contribution in [2.24, 2.45) is 0 Å². The predicted octanol–water partition coefficient (Wildman–Crippen LogP) is 2.45. The predicted molar refractivity (Wildman–Crippen MR) is 72.5 cm³/mol. The van der Waals surface area contributed by atoms with E-state index in [1.165, 1.54) is 18.2 Å². The Bertz CT molecular complexity index is 558. The second-order valence-corrected chi connectivity index (χ2v) is 6.72. The van der Waals surface area contributed by atoms with Crippen LogP contribution in [0, 0.1) is 10.1 Å². The molecule has 0 N–H and O–H groups in total. The third kappa shape index (κ3) is 5.04. The van der Waals surface area contributed by atoms with Gasteiger partial charge in [0.05, 0.1) is 17.3 Å². The molecule has 0 aliphatic rings. The molecule has 106 valence electrons. The average molecular weight is 308 g/mol. The minimum Gasteiger partial charge on any atom is -0.487 e. The Hall–Kier alpha value is -1.34. The first-order valence-electron chi connectivity index (χ1n) is 5.63. The molecule has 1 aromatic rings. The lowest BCUT2D eigenvalue weighted by atomic mass is 10.3. The maximum absolute atomic E-state index is 11.3. The fraction of sp³-hybridized carbons (Fsp3) is 0.455. The van der Waals surface area contributed by atoms with Crippen LogP contribution in [-0.2, 0) is 9.84 Å². The second kappa shape index (κ2) is 6.72. The molecule has 0 saturated heterocycles. The minimum absolute atomic E-state index is 0.00212. The molecule has 0 aliphatic heterocycles. The number of nitrogens with zero attached hydrogens (tertiary/aromatic N) is 1. The van der Waals surface area contributed by atoms with Gasteiger partial charge in [0.1, 0.15) is 9.84 Å². The van der Waals surface area contributed by atoms with Gasteiger partial charge in [0.2, 0.25) is 0 Å². The van der Waals surface area contributed by atoms with Gasteiger partial charge in [-0.2, -0.15) is 0 Å². The van der Waals surface area contributed by atoms with E-state index in [0.717, 1.165) is 0 Å². The van der Waals surface area contributed by atoms with E-state index < -0.39 is 14.8 Å². The van der Waals surface area contributed by atoms with Gasteiger partial charge in [0, 0.05) is 22.9 Å². The van der Waals surface area contributed by atoms with Crippen LogP contribution in [0.25, 0.3) is 0 Å². The van der Waals surface area contributed by atoms with Crippen molar-refractivity contribution in [1.29, 1.82) is 0 Å². The van der Waals surface area contributed by atoms with Gasteiger partial charge in [-0.1, -0.05) is 18.5 Å². The van der Waals surface area contributed by atoms with Crippen LogP contribution >= 0.6 is 11.6 Å². The molecule has 0 radical (unpaired) electrons. The van der Waals surface area contributed by atoms with Crippen molar-refractivity contribution >= 4 is 27.1 Å². The molecule has 0 heterocycles. The zero-order chi connectivity index (χ0) is 14.5. The fourth-order valence-electron chi connectivity index (χ4n) is 1.36. The van der Waals surface area contributed by atoms with E-state index in [1.807, 2.05) is 0 Å². The van der Waals surface area contributed by atoms with E-state index in [0.29, 0.717) is 5.02 Å². The topological polar surface area (TPSA) is 86.5 Å². The summed E-state index contributed by atoms with van der Waals surface area (Å²) >= 11 is 5.73. The smallest absolute Gasteiger partial charge is 0.311 e. The largest absolute Gasteiger partial charge is 0.487 e. The molecule has 6 nitrogen and oxygen atoms in total.